The van der Waals surface area contributed by atoms with E-state index in [1.165, 1.54) is 6.20 Å². The molecule has 0 saturated heterocycles. The summed E-state index contributed by atoms with van der Waals surface area (Å²) in [6.45, 7) is 1.78. The molecule has 0 spiro atoms. The first-order valence-electron chi connectivity index (χ1n) is 7.27. The molecule has 1 atom stereocenters. The molecule has 1 aromatic heterocycles. The molecule has 1 aliphatic rings. The largest absolute Gasteiger partial charge is 0.399 e. The van der Waals surface area contributed by atoms with Gasteiger partial charge in [0.1, 0.15) is 5.82 Å². The monoisotopic (exact) mass is 356 g/mol. The summed E-state index contributed by atoms with van der Waals surface area (Å²) >= 11 is 0. The summed E-state index contributed by atoms with van der Waals surface area (Å²) in [5.74, 6) is 0.664. The molecule has 2 aromatic rings. The van der Waals surface area contributed by atoms with Crippen molar-refractivity contribution in [1.82, 2.24) is 14.3 Å². The van der Waals surface area contributed by atoms with Crippen LogP contribution in [0.25, 0.3) is 0 Å². The zero-order valence-electron chi connectivity index (χ0n) is 13.1. The van der Waals surface area contributed by atoms with Crippen LogP contribution in [-0.4, -0.2) is 18.0 Å². The number of hydrogen-bond acceptors (Lipinski definition) is 4. The van der Waals surface area contributed by atoms with Crippen molar-refractivity contribution in [3.05, 3.63) is 41.3 Å². The molecule has 23 heavy (non-hydrogen) atoms. The third-order valence-electron chi connectivity index (χ3n) is 4.14. The molecule has 0 amide bonds. The van der Waals surface area contributed by atoms with Gasteiger partial charge in [-0.15, -0.1) is 12.4 Å². The highest BCUT2D eigenvalue weighted by molar-refractivity contribution is 7.89. The maximum atomic E-state index is 12.5. The zero-order valence-corrected chi connectivity index (χ0v) is 14.7. The first kappa shape index (κ1) is 17.8. The van der Waals surface area contributed by atoms with Crippen LogP contribution in [0.5, 0.6) is 0 Å². The van der Waals surface area contributed by atoms with Gasteiger partial charge in [0.05, 0.1) is 0 Å². The number of sulfonamides is 1. The van der Waals surface area contributed by atoms with Crippen molar-refractivity contribution in [1.29, 1.82) is 0 Å². The summed E-state index contributed by atoms with van der Waals surface area (Å²) in [7, 11) is -1.85. The third kappa shape index (κ3) is 3.52. The van der Waals surface area contributed by atoms with Crippen molar-refractivity contribution in [3.63, 3.8) is 0 Å². The van der Waals surface area contributed by atoms with Gasteiger partial charge in [0, 0.05) is 25.0 Å². The van der Waals surface area contributed by atoms with Crippen LogP contribution in [0.15, 0.2) is 29.4 Å². The summed E-state index contributed by atoms with van der Waals surface area (Å²) in [6, 6.07) is 5.44. The van der Waals surface area contributed by atoms with E-state index in [1.807, 2.05) is 18.2 Å². The van der Waals surface area contributed by atoms with Gasteiger partial charge in [-0.05, 0) is 49.4 Å². The first-order valence-corrected chi connectivity index (χ1v) is 8.76. The molecule has 3 rings (SSSR count). The Morgan fingerprint density at radius 3 is 2.78 bits per heavy atom. The number of imidazole rings is 1. The minimum atomic E-state index is -3.63. The molecule has 1 heterocycles. The number of nitrogen functional groups attached to an aromatic ring is 1. The number of rotatable bonds is 3. The lowest BCUT2D eigenvalue weighted by atomic mass is 9.88. The second-order valence-electron chi connectivity index (χ2n) is 5.76. The summed E-state index contributed by atoms with van der Waals surface area (Å²) in [6.07, 6.45) is 4.18. The molecular formula is C15H21ClN4O2S. The van der Waals surface area contributed by atoms with E-state index in [0.717, 1.165) is 30.4 Å². The molecule has 1 unspecified atom stereocenters. The molecule has 0 fully saturated rings. The number of aromatic nitrogens is 2. The predicted octanol–water partition coefficient (Wildman–Crippen LogP) is 2.09. The van der Waals surface area contributed by atoms with E-state index in [1.54, 1.807) is 18.5 Å². The van der Waals surface area contributed by atoms with E-state index in [9.17, 15) is 8.42 Å². The second kappa shape index (κ2) is 6.51. The highest BCUT2D eigenvalue weighted by atomic mass is 35.5. The minimum absolute atomic E-state index is 0. The summed E-state index contributed by atoms with van der Waals surface area (Å²) < 4.78 is 29.5. The van der Waals surface area contributed by atoms with Gasteiger partial charge in [0.15, 0.2) is 5.03 Å². The van der Waals surface area contributed by atoms with Crippen molar-refractivity contribution >= 4 is 28.1 Å². The van der Waals surface area contributed by atoms with Crippen molar-refractivity contribution < 1.29 is 8.42 Å². The molecule has 0 aliphatic heterocycles. The SMILES string of the molecule is Cc1nc(S(=O)(=O)NC2CCCc3cc(N)ccc32)cn1C.Cl. The molecule has 0 radical (unpaired) electrons. The second-order valence-corrected chi connectivity index (χ2v) is 7.42. The normalized spacial score (nSPS) is 17.4. The van der Waals surface area contributed by atoms with Gasteiger partial charge in [0.2, 0.25) is 0 Å². The van der Waals surface area contributed by atoms with Crippen LogP contribution in [0.1, 0.15) is 35.8 Å². The molecule has 0 bridgehead atoms. The molecule has 126 valence electrons. The standard InChI is InChI=1S/C15H20N4O2S.ClH/c1-10-17-15(9-19(10)2)22(20,21)18-14-5-3-4-11-8-12(16)6-7-13(11)14;/h6-9,14,18H,3-5,16H2,1-2H3;1H. The molecule has 0 saturated carbocycles. The van der Waals surface area contributed by atoms with E-state index in [4.69, 9.17) is 5.73 Å². The van der Waals surface area contributed by atoms with Gasteiger partial charge in [-0.2, -0.15) is 0 Å². The fourth-order valence-corrected chi connectivity index (χ4v) is 4.15. The molecule has 6 nitrogen and oxygen atoms in total. The fourth-order valence-electron chi connectivity index (χ4n) is 2.86. The predicted molar refractivity (Wildman–Crippen MR) is 92.0 cm³/mol. The van der Waals surface area contributed by atoms with E-state index >= 15 is 0 Å². The van der Waals surface area contributed by atoms with Crippen LogP contribution >= 0.6 is 12.4 Å². The number of anilines is 1. The Balaban J connectivity index is 0.00000192. The maximum Gasteiger partial charge on any atom is 0.260 e. The van der Waals surface area contributed by atoms with E-state index < -0.39 is 10.0 Å². The van der Waals surface area contributed by atoms with Crippen LogP contribution in [0.2, 0.25) is 0 Å². The molecule has 8 heteroatoms. The molecule has 1 aliphatic carbocycles. The summed E-state index contributed by atoms with van der Waals surface area (Å²) in [5, 5.41) is 0.0649. The number of fused-ring (bicyclic) bond motifs is 1. The van der Waals surface area contributed by atoms with Crippen molar-refractivity contribution in [2.24, 2.45) is 7.05 Å². The van der Waals surface area contributed by atoms with Gasteiger partial charge in [-0.1, -0.05) is 6.07 Å². The van der Waals surface area contributed by atoms with Crippen LogP contribution in [-0.2, 0) is 23.5 Å². The average molecular weight is 357 g/mol. The molecule has 1 aromatic carbocycles. The first-order chi connectivity index (χ1) is 10.4. The lowest BCUT2D eigenvalue weighted by molar-refractivity contribution is 0.506. The summed E-state index contributed by atoms with van der Waals surface area (Å²) in [4.78, 5) is 4.11. The van der Waals surface area contributed by atoms with Gasteiger partial charge in [-0.25, -0.2) is 18.1 Å². The van der Waals surface area contributed by atoms with Gasteiger partial charge >= 0.3 is 0 Å². The lowest BCUT2D eigenvalue weighted by Crippen LogP contribution is -2.31. The number of nitrogens with two attached hydrogens (primary N) is 1. The number of hydrogen-bond donors (Lipinski definition) is 2. The fraction of sp³-hybridized carbons (Fsp3) is 0.400. The molecular weight excluding hydrogens is 336 g/mol. The Morgan fingerprint density at radius 1 is 1.39 bits per heavy atom. The van der Waals surface area contributed by atoms with Gasteiger partial charge in [0.25, 0.3) is 10.0 Å². The third-order valence-corrected chi connectivity index (χ3v) is 5.48. The topological polar surface area (TPSA) is 90.0 Å². The van der Waals surface area contributed by atoms with Gasteiger partial charge in [-0.3, -0.25) is 0 Å². The highest BCUT2D eigenvalue weighted by Gasteiger charge is 2.27. The van der Waals surface area contributed by atoms with Gasteiger partial charge < -0.3 is 10.3 Å². The van der Waals surface area contributed by atoms with Crippen LogP contribution in [0.3, 0.4) is 0 Å². The molecule has 3 N–H and O–H groups in total. The Hall–Kier alpha value is -1.57. The minimum Gasteiger partial charge on any atom is -0.399 e. The van der Waals surface area contributed by atoms with Crippen LogP contribution < -0.4 is 10.5 Å². The maximum absolute atomic E-state index is 12.5. The van der Waals surface area contributed by atoms with Crippen molar-refractivity contribution in [2.45, 2.75) is 37.3 Å². The van der Waals surface area contributed by atoms with E-state index in [0.29, 0.717) is 11.5 Å². The van der Waals surface area contributed by atoms with Crippen molar-refractivity contribution in [3.8, 4) is 0 Å². The Morgan fingerprint density at radius 2 is 2.13 bits per heavy atom. The highest BCUT2D eigenvalue weighted by Crippen LogP contribution is 2.32. The number of nitrogens with one attached hydrogen (secondary N) is 1. The van der Waals surface area contributed by atoms with Crippen LogP contribution in [0, 0.1) is 6.92 Å². The zero-order chi connectivity index (χ0) is 15.9. The Labute approximate surface area is 142 Å². The van der Waals surface area contributed by atoms with Crippen LogP contribution in [0.4, 0.5) is 5.69 Å². The van der Waals surface area contributed by atoms with Crippen molar-refractivity contribution in [2.75, 3.05) is 5.73 Å². The number of benzene rings is 1. The number of nitrogens with zero attached hydrogens (tertiary/aromatic N) is 2. The Bertz CT molecular complexity index is 797. The Kier molecular flexibility index (Phi) is 5.03. The smallest absolute Gasteiger partial charge is 0.260 e. The average Bonchev–Trinajstić information content (AvgIpc) is 2.79. The lowest BCUT2D eigenvalue weighted by Gasteiger charge is -2.26. The van der Waals surface area contributed by atoms with E-state index in [2.05, 4.69) is 9.71 Å². The summed E-state index contributed by atoms with van der Waals surface area (Å²) in [5.41, 5.74) is 8.66. The van der Waals surface area contributed by atoms with E-state index in [-0.39, 0.29) is 23.5 Å². The number of halogens is 1. The quantitative estimate of drug-likeness (QED) is 0.824. The number of aryl methyl sites for hydroxylation is 3.